The maximum Gasteiger partial charge on any atom is 0.306 e. The van der Waals surface area contributed by atoms with Crippen molar-refractivity contribution in [2.45, 2.75) is 25.7 Å². The van der Waals surface area contributed by atoms with Crippen molar-refractivity contribution in [3.63, 3.8) is 0 Å². The molecular weight excluding hydrogens is 428 g/mol. The van der Waals surface area contributed by atoms with Gasteiger partial charge in [0.05, 0.1) is 31.5 Å². The fourth-order valence-electron chi connectivity index (χ4n) is 1.95. The summed E-state index contributed by atoms with van der Waals surface area (Å²) in [4.78, 5) is 23.6. The smallest absolute Gasteiger partial charge is 0.306 e. The lowest BCUT2D eigenvalue weighted by Crippen LogP contribution is -2.43. The minimum Gasteiger partial charge on any atom is -0.465 e. The van der Waals surface area contributed by atoms with E-state index in [-0.39, 0.29) is 51.2 Å². The Bertz CT molecular complexity index is 362. The average Bonchev–Trinajstić information content (AvgIpc) is 2.65. The Hall–Kier alpha value is 0.260. The lowest BCUT2D eigenvalue weighted by Gasteiger charge is -2.32. The standard InChI is InChI=1S/C17H32O6S4/c18-15(3-9-26)22-13-17(11-20-5-1-7-24,12-21-6-2-8-25)14-23-16(19)4-10-27/h24-27H,1-14H2. The van der Waals surface area contributed by atoms with Crippen LogP contribution in [-0.2, 0) is 28.5 Å². The van der Waals surface area contributed by atoms with Gasteiger partial charge in [0, 0.05) is 24.7 Å². The molecule has 0 aromatic heterocycles. The van der Waals surface area contributed by atoms with Gasteiger partial charge in [-0.25, -0.2) is 0 Å². The van der Waals surface area contributed by atoms with Crippen LogP contribution in [-0.4, -0.2) is 74.6 Å². The van der Waals surface area contributed by atoms with Gasteiger partial charge >= 0.3 is 11.9 Å². The van der Waals surface area contributed by atoms with E-state index in [1.165, 1.54) is 0 Å². The van der Waals surface area contributed by atoms with Gasteiger partial charge in [-0.15, -0.1) is 0 Å². The summed E-state index contributed by atoms with van der Waals surface area (Å²) in [7, 11) is 0. The third kappa shape index (κ3) is 14.9. The molecule has 0 atom stereocenters. The van der Waals surface area contributed by atoms with Crippen molar-refractivity contribution in [2.24, 2.45) is 5.41 Å². The van der Waals surface area contributed by atoms with E-state index in [4.69, 9.17) is 18.9 Å². The molecular formula is C17H32O6S4. The molecule has 10 heteroatoms. The highest BCUT2D eigenvalue weighted by molar-refractivity contribution is 7.80. The fourth-order valence-corrected chi connectivity index (χ4v) is 2.58. The van der Waals surface area contributed by atoms with Gasteiger partial charge in [0.1, 0.15) is 13.2 Å². The van der Waals surface area contributed by atoms with E-state index < -0.39 is 5.41 Å². The van der Waals surface area contributed by atoms with Gasteiger partial charge < -0.3 is 18.9 Å². The van der Waals surface area contributed by atoms with Crippen LogP contribution in [0.3, 0.4) is 0 Å². The van der Waals surface area contributed by atoms with Crippen LogP contribution in [0.2, 0.25) is 0 Å². The first-order valence-corrected chi connectivity index (χ1v) is 11.5. The van der Waals surface area contributed by atoms with Gasteiger partial charge in [0.25, 0.3) is 0 Å². The van der Waals surface area contributed by atoms with Gasteiger partial charge in [0.15, 0.2) is 0 Å². The van der Waals surface area contributed by atoms with E-state index in [0.29, 0.717) is 36.2 Å². The summed E-state index contributed by atoms with van der Waals surface area (Å²) >= 11 is 16.4. The molecule has 6 nitrogen and oxygen atoms in total. The summed E-state index contributed by atoms with van der Waals surface area (Å²) in [6, 6.07) is 0. The summed E-state index contributed by atoms with van der Waals surface area (Å²) in [6.45, 7) is 1.58. The predicted molar refractivity (Wildman–Crippen MR) is 120 cm³/mol. The number of esters is 2. The molecule has 160 valence electrons. The minimum atomic E-state index is -0.772. The van der Waals surface area contributed by atoms with Gasteiger partial charge in [-0.1, -0.05) is 0 Å². The maximum atomic E-state index is 11.8. The van der Waals surface area contributed by atoms with E-state index in [9.17, 15) is 9.59 Å². The van der Waals surface area contributed by atoms with E-state index in [0.717, 1.165) is 12.8 Å². The van der Waals surface area contributed by atoms with Crippen LogP contribution in [0.1, 0.15) is 25.7 Å². The van der Waals surface area contributed by atoms with Crippen LogP contribution < -0.4 is 0 Å². The zero-order chi connectivity index (χ0) is 20.4. The van der Waals surface area contributed by atoms with Gasteiger partial charge in [-0.2, -0.15) is 50.5 Å². The number of thiol groups is 4. The van der Waals surface area contributed by atoms with Crippen LogP contribution >= 0.6 is 50.5 Å². The lowest BCUT2D eigenvalue weighted by molar-refractivity contribution is -0.162. The van der Waals surface area contributed by atoms with Gasteiger partial charge in [-0.05, 0) is 24.3 Å². The Kier molecular flexibility index (Phi) is 18.5. The predicted octanol–water partition coefficient (Wildman–Crippen LogP) is 2.37. The molecule has 0 radical (unpaired) electrons. The fraction of sp³-hybridized carbons (Fsp3) is 0.882. The van der Waals surface area contributed by atoms with Crippen molar-refractivity contribution < 1.29 is 28.5 Å². The molecule has 0 spiro atoms. The average molecular weight is 461 g/mol. The van der Waals surface area contributed by atoms with E-state index in [1.807, 2.05) is 0 Å². The van der Waals surface area contributed by atoms with Crippen LogP contribution in [0, 0.1) is 5.41 Å². The largest absolute Gasteiger partial charge is 0.465 e. The zero-order valence-electron chi connectivity index (χ0n) is 15.6. The summed E-state index contributed by atoms with van der Waals surface area (Å²) in [5, 5.41) is 0. The third-order valence-corrected chi connectivity index (χ3v) is 4.50. The summed E-state index contributed by atoms with van der Waals surface area (Å²) < 4.78 is 22.2. The number of rotatable bonds is 18. The molecule has 0 heterocycles. The molecule has 0 aromatic carbocycles. The van der Waals surface area contributed by atoms with Gasteiger partial charge in [0.2, 0.25) is 0 Å². The van der Waals surface area contributed by atoms with Crippen molar-refractivity contribution in [3.05, 3.63) is 0 Å². The number of hydrogen-bond donors (Lipinski definition) is 4. The highest BCUT2D eigenvalue weighted by atomic mass is 32.1. The number of ether oxygens (including phenoxy) is 4. The quantitative estimate of drug-likeness (QED) is 0.143. The number of carbonyl (C=O) groups is 2. The Morgan fingerprint density at radius 3 is 1.37 bits per heavy atom. The van der Waals surface area contributed by atoms with Crippen LogP contribution in [0.25, 0.3) is 0 Å². The molecule has 0 aliphatic heterocycles. The second kappa shape index (κ2) is 18.3. The molecule has 0 aromatic rings. The Labute approximate surface area is 184 Å². The summed E-state index contributed by atoms with van der Waals surface area (Å²) in [6.07, 6.45) is 2.00. The first-order chi connectivity index (χ1) is 13.0. The monoisotopic (exact) mass is 460 g/mol. The van der Waals surface area contributed by atoms with Crippen LogP contribution in [0.4, 0.5) is 0 Å². The maximum absolute atomic E-state index is 11.8. The molecule has 0 fully saturated rings. The normalized spacial score (nSPS) is 11.4. The topological polar surface area (TPSA) is 71.1 Å². The van der Waals surface area contributed by atoms with Crippen molar-refractivity contribution in [1.29, 1.82) is 0 Å². The zero-order valence-corrected chi connectivity index (χ0v) is 19.2. The molecule has 0 aliphatic carbocycles. The van der Waals surface area contributed by atoms with E-state index in [1.54, 1.807) is 0 Å². The molecule has 0 rings (SSSR count). The van der Waals surface area contributed by atoms with Crippen LogP contribution in [0.5, 0.6) is 0 Å². The highest BCUT2D eigenvalue weighted by Gasteiger charge is 2.35. The van der Waals surface area contributed by atoms with E-state index >= 15 is 0 Å². The molecule has 0 saturated heterocycles. The van der Waals surface area contributed by atoms with Gasteiger partial charge in [-0.3, -0.25) is 9.59 Å². The molecule has 0 aliphatic rings. The first-order valence-electron chi connectivity index (χ1n) is 8.93. The summed E-state index contributed by atoms with van der Waals surface area (Å²) in [5.74, 6) is 1.50. The van der Waals surface area contributed by atoms with Crippen molar-refractivity contribution in [1.82, 2.24) is 0 Å². The third-order valence-electron chi connectivity index (χ3n) is 3.42. The molecule has 0 bridgehead atoms. The Morgan fingerprint density at radius 1 is 0.630 bits per heavy atom. The second-order valence-corrected chi connectivity index (χ2v) is 7.82. The molecule has 27 heavy (non-hydrogen) atoms. The van der Waals surface area contributed by atoms with Crippen LogP contribution in [0.15, 0.2) is 0 Å². The van der Waals surface area contributed by atoms with Crippen molar-refractivity contribution in [2.75, 3.05) is 62.7 Å². The van der Waals surface area contributed by atoms with Crippen molar-refractivity contribution >= 4 is 62.5 Å². The number of hydrogen-bond acceptors (Lipinski definition) is 10. The van der Waals surface area contributed by atoms with E-state index in [2.05, 4.69) is 50.5 Å². The molecule has 0 N–H and O–H groups in total. The molecule has 0 unspecified atom stereocenters. The Balaban J connectivity index is 4.99. The molecule has 0 saturated carbocycles. The first kappa shape index (κ1) is 27.3. The minimum absolute atomic E-state index is 0.0372. The number of carbonyl (C=O) groups excluding carboxylic acids is 2. The summed E-state index contributed by atoms with van der Waals surface area (Å²) in [5.41, 5.74) is -0.772. The Morgan fingerprint density at radius 2 is 1.04 bits per heavy atom. The highest BCUT2D eigenvalue weighted by Crippen LogP contribution is 2.22. The van der Waals surface area contributed by atoms with Crippen molar-refractivity contribution in [3.8, 4) is 0 Å². The second-order valence-electron chi connectivity index (χ2n) is 6.03. The SMILES string of the molecule is O=C(CCS)OCC(COCCCS)(COCCCS)COC(=O)CCS. The molecule has 0 amide bonds. The lowest BCUT2D eigenvalue weighted by atomic mass is 9.92.